The zero-order valence-electron chi connectivity index (χ0n) is 12.9. The normalized spacial score (nSPS) is 12.4. The van der Waals surface area contributed by atoms with Crippen LogP contribution in [0.25, 0.3) is 10.9 Å². The number of hydrogen-bond acceptors (Lipinski definition) is 3. The van der Waals surface area contributed by atoms with Crippen LogP contribution in [-0.2, 0) is 0 Å². The van der Waals surface area contributed by atoms with Crippen molar-refractivity contribution in [2.24, 2.45) is 0 Å². The molecule has 2 aromatic heterocycles. The third-order valence-electron chi connectivity index (χ3n) is 4.00. The zero-order valence-corrected chi connectivity index (χ0v) is 12.9. The Morgan fingerprint density at radius 3 is 2.87 bits per heavy atom. The van der Waals surface area contributed by atoms with E-state index < -0.39 is 5.82 Å². The fourth-order valence-corrected chi connectivity index (χ4v) is 2.79. The maximum Gasteiger partial charge on any atom is 0.261 e. The van der Waals surface area contributed by atoms with Crippen molar-refractivity contribution in [3.05, 3.63) is 70.8 Å². The smallest absolute Gasteiger partial charge is 0.261 e. The summed E-state index contributed by atoms with van der Waals surface area (Å²) in [6.45, 7) is 2.11. The van der Waals surface area contributed by atoms with Crippen molar-refractivity contribution >= 4 is 10.9 Å². The number of aromatic nitrogens is 3. The van der Waals surface area contributed by atoms with E-state index in [0.717, 1.165) is 24.8 Å². The molecule has 0 fully saturated rings. The highest BCUT2D eigenvalue weighted by molar-refractivity contribution is 5.77. The van der Waals surface area contributed by atoms with E-state index in [0.29, 0.717) is 5.39 Å². The molecule has 0 saturated heterocycles. The van der Waals surface area contributed by atoms with Crippen molar-refractivity contribution in [3.8, 4) is 0 Å². The Morgan fingerprint density at radius 2 is 2.13 bits per heavy atom. The monoisotopic (exact) mass is 311 g/mol. The van der Waals surface area contributed by atoms with E-state index in [2.05, 4.69) is 16.9 Å². The highest BCUT2D eigenvalue weighted by Crippen LogP contribution is 2.23. The van der Waals surface area contributed by atoms with E-state index in [1.807, 2.05) is 12.1 Å². The summed E-state index contributed by atoms with van der Waals surface area (Å²) in [6.07, 6.45) is 7.74. The van der Waals surface area contributed by atoms with Crippen LogP contribution in [0.4, 0.5) is 4.39 Å². The Balaban J connectivity index is 2.15. The summed E-state index contributed by atoms with van der Waals surface area (Å²) in [7, 11) is 0. The molecule has 0 radical (unpaired) electrons. The van der Waals surface area contributed by atoms with Crippen molar-refractivity contribution < 1.29 is 4.39 Å². The molecule has 3 aromatic rings. The fraction of sp³-hybridized carbons (Fsp3) is 0.278. The maximum absolute atomic E-state index is 13.8. The van der Waals surface area contributed by atoms with Gasteiger partial charge in [-0.3, -0.25) is 14.3 Å². The number of halogens is 1. The van der Waals surface area contributed by atoms with Crippen molar-refractivity contribution in [3.63, 3.8) is 0 Å². The van der Waals surface area contributed by atoms with Gasteiger partial charge in [0.05, 0.1) is 17.8 Å². The number of rotatable bonds is 5. The highest BCUT2D eigenvalue weighted by atomic mass is 19.1. The minimum absolute atomic E-state index is 0.120. The molecule has 3 rings (SSSR count). The Hall–Kier alpha value is -2.56. The quantitative estimate of drug-likeness (QED) is 0.721. The van der Waals surface area contributed by atoms with Crippen LogP contribution in [-0.4, -0.2) is 14.5 Å². The van der Waals surface area contributed by atoms with Crippen molar-refractivity contribution in [1.82, 2.24) is 14.5 Å². The summed E-state index contributed by atoms with van der Waals surface area (Å²) >= 11 is 0. The molecule has 23 heavy (non-hydrogen) atoms. The van der Waals surface area contributed by atoms with Gasteiger partial charge >= 0.3 is 0 Å². The average molecular weight is 311 g/mol. The molecular formula is C18H18FN3O. The number of fused-ring (bicyclic) bond motifs is 1. The van der Waals surface area contributed by atoms with Gasteiger partial charge in [0.2, 0.25) is 0 Å². The predicted molar refractivity (Wildman–Crippen MR) is 87.9 cm³/mol. The van der Waals surface area contributed by atoms with Crippen LogP contribution in [0.5, 0.6) is 0 Å². The second kappa shape index (κ2) is 6.69. The first-order valence-electron chi connectivity index (χ1n) is 7.77. The second-order valence-electron chi connectivity index (χ2n) is 5.54. The Kier molecular flexibility index (Phi) is 4.46. The van der Waals surface area contributed by atoms with Crippen LogP contribution < -0.4 is 5.56 Å². The molecule has 1 atom stereocenters. The molecule has 118 valence electrons. The molecule has 0 amide bonds. The molecule has 0 aliphatic heterocycles. The van der Waals surface area contributed by atoms with Gasteiger partial charge in [-0.15, -0.1) is 0 Å². The van der Waals surface area contributed by atoms with E-state index in [-0.39, 0.29) is 17.1 Å². The lowest BCUT2D eigenvalue weighted by atomic mass is 10.0. The standard InChI is InChI=1S/C18H18FN3O/c1-2-3-9-16(13-6-5-10-20-11-13)22-12-21-17-14(18(22)23)7-4-8-15(17)19/h4-8,10-12,16H,2-3,9H2,1H3/t16-/m0/s1. The van der Waals surface area contributed by atoms with E-state index >= 15 is 0 Å². The number of para-hydroxylation sites is 1. The van der Waals surface area contributed by atoms with Gasteiger partial charge in [0.15, 0.2) is 0 Å². The molecule has 0 aliphatic rings. The topological polar surface area (TPSA) is 47.8 Å². The van der Waals surface area contributed by atoms with Crippen LogP contribution in [0, 0.1) is 5.82 Å². The molecule has 0 spiro atoms. The molecule has 0 N–H and O–H groups in total. The van der Waals surface area contributed by atoms with Crippen molar-refractivity contribution in [2.45, 2.75) is 32.2 Å². The van der Waals surface area contributed by atoms with Gasteiger partial charge in [0, 0.05) is 12.4 Å². The third kappa shape index (κ3) is 2.99. The lowest BCUT2D eigenvalue weighted by molar-refractivity contribution is 0.497. The summed E-state index contributed by atoms with van der Waals surface area (Å²) in [5, 5.41) is 0.304. The van der Waals surface area contributed by atoms with Crippen LogP contribution in [0.1, 0.15) is 37.8 Å². The molecule has 0 aliphatic carbocycles. The van der Waals surface area contributed by atoms with E-state index in [4.69, 9.17) is 0 Å². The lowest BCUT2D eigenvalue weighted by Gasteiger charge is -2.20. The highest BCUT2D eigenvalue weighted by Gasteiger charge is 2.17. The minimum atomic E-state index is -0.474. The first-order valence-corrected chi connectivity index (χ1v) is 7.77. The molecule has 5 heteroatoms. The van der Waals surface area contributed by atoms with Gasteiger partial charge < -0.3 is 0 Å². The first kappa shape index (κ1) is 15.3. The van der Waals surface area contributed by atoms with E-state index in [1.165, 1.54) is 18.5 Å². The molecule has 0 bridgehead atoms. The fourth-order valence-electron chi connectivity index (χ4n) is 2.79. The van der Waals surface area contributed by atoms with Gasteiger partial charge in [-0.2, -0.15) is 0 Å². The Labute approximate surface area is 133 Å². The van der Waals surface area contributed by atoms with Gasteiger partial charge in [-0.25, -0.2) is 9.37 Å². The minimum Gasteiger partial charge on any atom is -0.291 e. The molecule has 4 nitrogen and oxygen atoms in total. The summed E-state index contributed by atoms with van der Waals surface area (Å²) in [5.74, 6) is -0.474. The maximum atomic E-state index is 13.8. The SMILES string of the molecule is CCCC[C@@H](c1cccnc1)n1cnc2c(F)cccc2c1=O. The van der Waals surface area contributed by atoms with Gasteiger partial charge in [-0.05, 0) is 30.2 Å². The van der Waals surface area contributed by atoms with E-state index in [9.17, 15) is 9.18 Å². The Bertz CT molecular complexity index is 861. The summed E-state index contributed by atoms with van der Waals surface area (Å²) < 4.78 is 15.4. The molecular weight excluding hydrogens is 293 g/mol. The van der Waals surface area contributed by atoms with Crippen LogP contribution in [0.2, 0.25) is 0 Å². The number of nitrogens with zero attached hydrogens (tertiary/aromatic N) is 3. The zero-order chi connectivity index (χ0) is 16.2. The van der Waals surface area contributed by atoms with Gasteiger partial charge in [0.25, 0.3) is 5.56 Å². The Morgan fingerprint density at radius 1 is 1.26 bits per heavy atom. The summed E-state index contributed by atoms with van der Waals surface area (Å²) in [5.41, 5.74) is 0.856. The summed E-state index contributed by atoms with van der Waals surface area (Å²) in [6, 6.07) is 8.13. The van der Waals surface area contributed by atoms with Crippen molar-refractivity contribution in [2.75, 3.05) is 0 Å². The van der Waals surface area contributed by atoms with Crippen LogP contribution in [0.15, 0.2) is 53.8 Å². The first-order chi connectivity index (χ1) is 11.2. The largest absolute Gasteiger partial charge is 0.291 e. The molecule has 2 heterocycles. The molecule has 0 saturated carbocycles. The number of benzene rings is 1. The lowest BCUT2D eigenvalue weighted by Crippen LogP contribution is -2.26. The van der Waals surface area contributed by atoms with Gasteiger partial charge in [0.1, 0.15) is 11.3 Å². The summed E-state index contributed by atoms with van der Waals surface area (Å²) in [4.78, 5) is 21.1. The molecule has 0 unspecified atom stereocenters. The molecule has 1 aromatic carbocycles. The van der Waals surface area contributed by atoms with E-state index in [1.54, 1.807) is 23.0 Å². The number of pyridine rings is 1. The van der Waals surface area contributed by atoms with Crippen molar-refractivity contribution in [1.29, 1.82) is 0 Å². The van der Waals surface area contributed by atoms with Gasteiger partial charge in [-0.1, -0.05) is 31.9 Å². The third-order valence-corrected chi connectivity index (χ3v) is 4.00. The number of unbranched alkanes of at least 4 members (excludes halogenated alkanes) is 1. The predicted octanol–water partition coefficient (Wildman–Crippen LogP) is 3.71. The average Bonchev–Trinajstić information content (AvgIpc) is 2.58. The van der Waals surface area contributed by atoms with Crippen LogP contribution in [0.3, 0.4) is 0 Å². The number of hydrogen-bond donors (Lipinski definition) is 0. The second-order valence-corrected chi connectivity index (χ2v) is 5.54. The van der Waals surface area contributed by atoms with Crippen LogP contribution >= 0.6 is 0 Å².